The minimum absolute atomic E-state index is 0.155. The monoisotopic (exact) mass is 417 g/mol. The number of hydrogen-bond donors (Lipinski definition) is 2. The standard InChI is InChI=1S/C19H20BrN3O3/c1-23(10-14(24)12-26-15-6-4-5-13(20)9-15)11-18-21-17-8-3-2-7-16(17)19(25)22-18/h2-9,14,24H,10-12H2,1H3,(H,21,22,25)/t14-/m1/s1. The van der Waals surface area contributed by atoms with E-state index < -0.39 is 6.10 Å². The van der Waals surface area contributed by atoms with Crippen molar-refractivity contribution in [3.05, 3.63) is 69.2 Å². The maximum atomic E-state index is 12.1. The van der Waals surface area contributed by atoms with Gasteiger partial charge in [0.05, 0.1) is 17.4 Å². The molecule has 0 saturated heterocycles. The molecule has 3 rings (SSSR count). The Morgan fingerprint density at radius 3 is 2.88 bits per heavy atom. The normalized spacial score (nSPS) is 12.5. The number of nitrogens with zero attached hydrogens (tertiary/aromatic N) is 2. The van der Waals surface area contributed by atoms with Crippen molar-refractivity contribution < 1.29 is 9.84 Å². The van der Waals surface area contributed by atoms with Gasteiger partial charge >= 0.3 is 0 Å². The molecule has 2 aromatic carbocycles. The van der Waals surface area contributed by atoms with Gasteiger partial charge in [-0.1, -0.05) is 34.1 Å². The van der Waals surface area contributed by atoms with Crippen LogP contribution in [0.1, 0.15) is 5.82 Å². The Labute approximate surface area is 159 Å². The third-order valence-electron chi connectivity index (χ3n) is 3.84. The van der Waals surface area contributed by atoms with Gasteiger partial charge in [-0.15, -0.1) is 0 Å². The first kappa shape index (κ1) is 18.6. The van der Waals surface area contributed by atoms with Gasteiger partial charge < -0.3 is 14.8 Å². The lowest BCUT2D eigenvalue weighted by Crippen LogP contribution is -2.33. The van der Waals surface area contributed by atoms with Crippen molar-refractivity contribution in [2.24, 2.45) is 0 Å². The van der Waals surface area contributed by atoms with Crippen LogP contribution in [0.25, 0.3) is 10.9 Å². The lowest BCUT2D eigenvalue weighted by Gasteiger charge is -2.20. The van der Waals surface area contributed by atoms with Crippen molar-refractivity contribution in [1.82, 2.24) is 14.9 Å². The molecule has 7 heteroatoms. The number of H-pyrrole nitrogens is 1. The third kappa shape index (κ3) is 4.91. The summed E-state index contributed by atoms with van der Waals surface area (Å²) in [5, 5.41) is 10.8. The van der Waals surface area contributed by atoms with Crippen LogP contribution in [-0.2, 0) is 6.54 Å². The van der Waals surface area contributed by atoms with Gasteiger partial charge in [-0.25, -0.2) is 4.98 Å². The van der Waals surface area contributed by atoms with E-state index in [9.17, 15) is 9.90 Å². The number of benzene rings is 2. The second kappa shape index (κ2) is 8.44. The average molecular weight is 418 g/mol. The fraction of sp³-hybridized carbons (Fsp3) is 0.263. The summed E-state index contributed by atoms with van der Waals surface area (Å²) in [7, 11) is 1.86. The van der Waals surface area contributed by atoms with Crippen LogP contribution in [0.4, 0.5) is 0 Å². The molecule has 136 valence electrons. The summed E-state index contributed by atoms with van der Waals surface area (Å²) < 4.78 is 6.52. The quantitative estimate of drug-likeness (QED) is 0.617. The number of fused-ring (bicyclic) bond motifs is 1. The van der Waals surface area contributed by atoms with Gasteiger partial charge in [-0.2, -0.15) is 0 Å². The summed E-state index contributed by atoms with van der Waals surface area (Å²) in [5.74, 6) is 1.26. The molecule has 0 fully saturated rings. The van der Waals surface area contributed by atoms with Crippen LogP contribution in [0.2, 0.25) is 0 Å². The Bertz CT molecular complexity index is 944. The number of ether oxygens (including phenoxy) is 1. The highest BCUT2D eigenvalue weighted by Gasteiger charge is 2.12. The molecule has 0 spiro atoms. The largest absolute Gasteiger partial charge is 0.491 e. The highest BCUT2D eigenvalue weighted by atomic mass is 79.9. The molecular formula is C19H20BrN3O3. The van der Waals surface area contributed by atoms with E-state index in [4.69, 9.17) is 4.74 Å². The molecule has 6 nitrogen and oxygen atoms in total. The van der Waals surface area contributed by atoms with Crippen LogP contribution < -0.4 is 10.3 Å². The van der Waals surface area contributed by atoms with Gasteiger partial charge in [0, 0.05) is 11.0 Å². The van der Waals surface area contributed by atoms with Gasteiger partial charge in [0.25, 0.3) is 5.56 Å². The summed E-state index contributed by atoms with van der Waals surface area (Å²) >= 11 is 3.38. The number of likely N-dealkylation sites (N-methyl/N-ethyl adjacent to an activating group) is 1. The molecule has 2 N–H and O–H groups in total. The van der Waals surface area contributed by atoms with Gasteiger partial charge in [-0.05, 0) is 37.4 Å². The molecular weight excluding hydrogens is 398 g/mol. The Hall–Kier alpha value is -2.22. The number of rotatable bonds is 7. The molecule has 26 heavy (non-hydrogen) atoms. The van der Waals surface area contributed by atoms with E-state index >= 15 is 0 Å². The molecule has 1 aromatic heterocycles. The lowest BCUT2D eigenvalue weighted by atomic mass is 10.2. The Morgan fingerprint density at radius 2 is 2.08 bits per heavy atom. The van der Waals surface area contributed by atoms with Gasteiger partial charge in [-0.3, -0.25) is 9.69 Å². The van der Waals surface area contributed by atoms with Crippen molar-refractivity contribution >= 4 is 26.8 Å². The van der Waals surface area contributed by atoms with Crippen LogP contribution in [0.3, 0.4) is 0 Å². The fourth-order valence-corrected chi connectivity index (χ4v) is 3.07. The number of aromatic amines is 1. The summed E-state index contributed by atoms with van der Waals surface area (Å²) in [4.78, 5) is 21.3. The molecule has 0 unspecified atom stereocenters. The molecule has 0 radical (unpaired) electrons. The van der Waals surface area contributed by atoms with Gasteiger partial charge in [0.1, 0.15) is 24.3 Å². The topological polar surface area (TPSA) is 78.5 Å². The van der Waals surface area contributed by atoms with Crippen LogP contribution in [0.15, 0.2) is 57.8 Å². The molecule has 3 aromatic rings. The van der Waals surface area contributed by atoms with Crippen LogP contribution in [-0.4, -0.2) is 46.3 Å². The van der Waals surface area contributed by atoms with E-state index in [2.05, 4.69) is 25.9 Å². The number of nitrogens with one attached hydrogen (secondary N) is 1. The van der Waals surface area contributed by atoms with E-state index in [0.717, 1.165) is 4.47 Å². The summed E-state index contributed by atoms with van der Waals surface area (Å²) in [6.45, 7) is 1.00. The van der Waals surface area contributed by atoms with Crippen molar-refractivity contribution in [2.75, 3.05) is 20.2 Å². The number of aliphatic hydroxyl groups is 1. The third-order valence-corrected chi connectivity index (χ3v) is 4.34. The molecule has 0 amide bonds. The molecule has 1 atom stereocenters. The lowest BCUT2D eigenvalue weighted by molar-refractivity contribution is 0.0737. The Kier molecular flexibility index (Phi) is 6.03. The zero-order chi connectivity index (χ0) is 18.5. The predicted molar refractivity (Wildman–Crippen MR) is 104 cm³/mol. The van der Waals surface area contributed by atoms with E-state index in [1.54, 1.807) is 6.07 Å². The number of halogens is 1. The van der Waals surface area contributed by atoms with Crippen molar-refractivity contribution in [2.45, 2.75) is 12.6 Å². The highest BCUT2D eigenvalue weighted by Crippen LogP contribution is 2.17. The summed E-state index contributed by atoms with van der Waals surface area (Å²) in [6.07, 6.45) is -0.661. The van der Waals surface area contributed by atoms with Crippen molar-refractivity contribution in [3.8, 4) is 5.75 Å². The van der Waals surface area contributed by atoms with Gasteiger partial charge in [0.2, 0.25) is 0 Å². The van der Waals surface area contributed by atoms with Crippen LogP contribution >= 0.6 is 15.9 Å². The summed E-state index contributed by atoms with van der Waals surface area (Å²) in [6, 6.07) is 14.7. The maximum absolute atomic E-state index is 12.1. The van der Waals surface area contributed by atoms with Crippen LogP contribution in [0, 0.1) is 0 Å². The maximum Gasteiger partial charge on any atom is 0.258 e. The number of aromatic nitrogens is 2. The van der Waals surface area contributed by atoms with E-state index in [0.29, 0.717) is 35.6 Å². The van der Waals surface area contributed by atoms with E-state index in [1.165, 1.54) is 0 Å². The molecule has 0 aliphatic carbocycles. The van der Waals surface area contributed by atoms with Crippen molar-refractivity contribution in [3.63, 3.8) is 0 Å². The first-order chi connectivity index (χ1) is 12.5. The minimum Gasteiger partial charge on any atom is -0.491 e. The molecule has 0 aliphatic rings. The van der Waals surface area contributed by atoms with E-state index in [-0.39, 0.29) is 12.2 Å². The minimum atomic E-state index is -0.661. The highest BCUT2D eigenvalue weighted by molar-refractivity contribution is 9.10. The number of aliphatic hydroxyl groups excluding tert-OH is 1. The first-order valence-corrected chi connectivity index (χ1v) is 9.03. The second-order valence-corrected chi connectivity index (χ2v) is 7.06. The Balaban J connectivity index is 1.56. The SMILES string of the molecule is CN(Cc1nc2ccccc2c(=O)[nH]1)C[C@@H](O)COc1cccc(Br)c1. The number of hydrogen-bond acceptors (Lipinski definition) is 5. The zero-order valence-corrected chi connectivity index (χ0v) is 15.9. The van der Waals surface area contributed by atoms with Crippen LogP contribution in [0.5, 0.6) is 5.75 Å². The van der Waals surface area contributed by atoms with E-state index in [1.807, 2.05) is 54.4 Å². The smallest absolute Gasteiger partial charge is 0.258 e. The molecule has 0 saturated carbocycles. The fourth-order valence-electron chi connectivity index (χ4n) is 2.69. The number of para-hydroxylation sites is 1. The first-order valence-electron chi connectivity index (χ1n) is 8.24. The van der Waals surface area contributed by atoms with Crippen molar-refractivity contribution in [1.29, 1.82) is 0 Å². The second-order valence-electron chi connectivity index (χ2n) is 6.15. The van der Waals surface area contributed by atoms with Gasteiger partial charge in [0.15, 0.2) is 0 Å². The molecule has 1 heterocycles. The molecule has 0 aliphatic heterocycles. The Morgan fingerprint density at radius 1 is 1.27 bits per heavy atom. The predicted octanol–water partition coefficient (Wildman–Crippen LogP) is 2.56. The summed E-state index contributed by atoms with van der Waals surface area (Å²) in [5.41, 5.74) is 0.510. The zero-order valence-electron chi connectivity index (χ0n) is 14.4. The molecule has 0 bridgehead atoms. The average Bonchev–Trinajstić information content (AvgIpc) is 2.60.